The Morgan fingerprint density at radius 2 is 0.462 bits per heavy atom. The summed E-state index contributed by atoms with van der Waals surface area (Å²) in [5.41, 5.74) is 0. The predicted octanol–water partition coefficient (Wildman–Crippen LogP) is 10.2. The van der Waals surface area contributed by atoms with Crippen LogP contribution in [-0.4, -0.2) is 63.9 Å². The molecule has 0 aromatic heterocycles. The Kier molecular flexibility index (Phi) is 16.6. The summed E-state index contributed by atoms with van der Waals surface area (Å²) < 4.78 is 113. The van der Waals surface area contributed by atoms with Crippen molar-refractivity contribution in [1.82, 2.24) is 0 Å². The lowest BCUT2D eigenvalue weighted by atomic mass is 10.3. The Bertz CT molecular complexity index is 2570. The molecule has 6 aromatic rings. The highest BCUT2D eigenvalue weighted by Crippen LogP contribution is 2.28. The molecule has 0 radical (unpaired) electrons. The van der Waals surface area contributed by atoms with E-state index in [1.807, 2.05) is 27.7 Å². The van der Waals surface area contributed by atoms with E-state index in [-0.39, 0.29) is 41.6 Å². The zero-order chi connectivity index (χ0) is 46.5. The summed E-state index contributed by atoms with van der Waals surface area (Å²) in [6.07, 6.45) is 2.71. The molecule has 344 valence electrons. The Labute approximate surface area is 382 Å². The fourth-order valence-electron chi connectivity index (χ4n) is 6.38. The van der Waals surface area contributed by atoms with Gasteiger partial charge in [-0.15, -0.1) is 0 Å². The Morgan fingerprint density at radius 3 is 0.631 bits per heavy atom. The van der Waals surface area contributed by atoms with E-state index in [0.717, 1.165) is 0 Å². The molecule has 0 aliphatic heterocycles. The Balaban J connectivity index is 0.856. The van der Waals surface area contributed by atoms with Crippen LogP contribution in [0.4, 0.5) is 0 Å². The van der Waals surface area contributed by atoms with Gasteiger partial charge in [0.25, 0.3) is 0 Å². The zero-order valence-corrected chi connectivity index (χ0v) is 39.2. The molecule has 0 aliphatic rings. The van der Waals surface area contributed by atoms with Crippen molar-refractivity contribution >= 4 is 29.5 Å². The topological polar surface area (TPSA) is 158 Å². The molecule has 0 fully saturated rings. The van der Waals surface area contributed by atoms with Gasteiger partial charge in [-0.05, 0) is 199 Å². The molecule has 0 unspecified atom stereocenters. The molecule has 0 N–H and O–H groups in total. The predicted molar refractivity (Wildman–Crippen MR) is 247 cm³/mol. The van der Waals surface area contributed by atoms with Crippen LogP contribution in [0.25, 0.3) is 0 Å². The normalized spacial score (nSPS) is 11.9. The molecule has 0 amide bonds. The van der Waals surface area contributed by atoms with Crippen LogP contribution in [0, 0.1) is 0 Å². The minimum absolute atomic E-state index is 0.0119. The summed E-state index contributed by atoms with van der Waals surface area (Å²) in [6.45, 7) is 9.23. The molecular formula is C50H54O12S3. The van der Waals surface area contributed by atoms with Gasteiger partial charge >= 0.3 is 0 Å². The van der Waals surface area contributed by atoms with Gasteiger partial charge in [0.1, 0.15) is 34.5 Å². The smallest absolute Gasteiger partial charge is 0.206 e. The van der Waals surface area contributed by atoms with Gasteiger partial charge in [0.05, 0.1) is 68.0 Å². The number of benzene rings is 6. The van der Waals surface area contributed by atoms with E-state index in [1.165, 1.54) is 72.8 Å². The summed E-state index contributed by atoms with van der Waals surface area (Å²) in [4.78, 5) is 0.973. The van der Waals surface area contributed by atoms with Crippen LogP contribution in [0.5, 0.6) is 34.5 Å². The highest BCUT2D eigenvalue weighted by Gasteiger charge is 2.20. The number of hydrogen-bond donors (Lipinski definition) is 0. The molecule has 0 aliphatic carbocycles. The fraction of sp³-hybridized carbons (Fsp3) is 0.280. The summed E-state index contributed by atoms with van der Waals surface area (Å²) in [5.74, 6) is 3.40. The summed E-state index contributed by atoms with van der Waals surface area (Å²) in [5, 5.41) is 0. The average molecular weight is 943 g/mol. The maximum absolute atomic E-state index is 13.3. The molecule has 12 nitrogen and oxygen atoms in total. The monoisotopic (exact) mass is 942 g/mol. The van der Waals surface area contributed by atoms with Crippen molar-refractivity contribution in [3.05, 3.63) is 146 Å². The first-order valence-corrected chi connectivity index (χ1v) is 25.8. The first kappa shape index (κ1) is 48.4. The lowest BCUT2D eigenvalue weighted by Gasteiger charge is -2.11. The zero-order valence-electron chi connectivity index (χ0n) is 36.8. The maximum Gasteiger partial charge on any atom is 0.206 e. The van der Waals surface area contributed by atoms with Gasteiger partial charge < -0.3 is 28.4 Å². The minimum Gasteiger partial charge on any atom is -0.494 e. The van der Waals surface area contributed by atoms with Crippen molar-refractivity contribution in [2.24, 2.45) is 0 Å². The van der Waals surface area contributed by atoms with Gasteiger partial charge in [-0.2, -0.15) is 0 Å². The molecule has 6 rings (SSSR count). The molecule has 0 heterocycles. The Hall–Kier alpha value is -6.03. The average Bonchev–Trinajstić information content (AvgIpc) is 3.29. The second-order valence-electron chi connectivity index (χ2n) is 15.5. The van der Waals surface area contributed by atoms with Gasteiger partial charge in [0.15, 0.2) is 0 Å². The second kappa shape index (κ2) is 22.2. The number of rotatable bonds is 24. The third-order valence-corrected chi connectivity index (χ3v) is 15.1. The standard InChI is InChI=1S/C50H54O12S3/c1-37(2)61-43-17-29-49(30-18-43)64(53,54)47-25-13-41(14-26-47)59-35-7-5-33-57-39-9-21-45(22-10-39)63(51,52)46-23-11-40(12-24-46)58-34-6-8-36-60-42-15-27-48(28-16-42)65(55,56)50-31-19-44(20-32-50)62-38(3)4/h9-32,37-38H,5-8,33-36H2,1-4H3. The van der Waals surface area contributed by atoms with Crippen molar-refractivity contribution in [2.45, 2.75) is 95.0 Å². The molecular weight excluding hydrogens is 889 g/mol. The quantitative estimate of drug-likeness (QED) is 0.0530. The van der Waals surface area contributed by atoms with Crippen LogP contribution in [0.2, 0.25) is 0 Å². The molecule has 0 spiro atoms. The van der Waals surface area contributed by atoms with Crippen LogP contribution in [0.15, 0.2) is 175 Å². The highest BCUT2D eigenvalue weighted by atomic mass is 32.2. The van der Waals surface area contributed by atoms with E-state index in [0.29, 0.717) is 86.6 Å². The van der Waals surface area contributed by atoms with E-state index in [1.54, 1.807) is 72.8 Å². The first-order chi connectivity index (χ1) is 31.1. The van der Waals surface area contributed by atoms with Crippen molar-refractivity contribution in [2.75, 3.05) is 26.4 Å². The van der Waals surface area contributed by atoms with E-state index in [2.05, 4.69) is 0 Å². The molecule has 65 heavy (non-hydrogen) atoms. The van der Waals surface area contributed by atoms with Crippen LogP contribution in [-0.2, 0) is 29.5 Å². The third kappa shape index (κ3) is 13.5. The van der Waals surface area contributed by atoms with Gasteiger partial charge in [-0.3, -0.25) is 0 Å². The Morgan fingerprint density at radius 1 is 0.292 bits per heavy atom. The van der Waals surface area contributed by atoms with Crippen molar-refractivity contribution in [1.29, 1.82) is 0 Å². The molecule has 0 saturated carbocycles. The van der Waals surface area contributed by atoms with Gasteiger partial charge in [0, 0.05) is 0 Å². The van der Waals surface area contributed by atoms with E-state index < -0.39 is 29.5 Å². The molecule has 0 saturated heterocycles. The van der Waals surface area contributed by atoms with E-state index in [9.17, 15) is 25.3 Å². The number of unbranched alkanes of at least 4 members (excludes halogenated alkanes) is 2. The number of sulfone groups is 3. The summed E-state index contributed by atoms with van der Waals surface area (Å²) in [6, 6.07) is 37.9. The van der Waals surface area contributed by atoms with Crippen molar-refractivity contribution in [3.63, 3.8) is 0 Å². The largest absolute Gasteiger partial charge is 0.494 e. The molecule has 0 atom stereocenters. The lowest BCUT2D eigenvalue weighted by molar-refractivity contribution is 0.242. The van der Waals surface area contributed by atoms with Crippen LogP contribution in [0.3, 0.4) is 0 Å². The number of ether oxygens (including phenoxy) is 6. The van der Waals surface area contributed by atoms with E-state index in [4.69, 9.17) is 28.4 Å². The highest BCUT2D eigenvalue weighted by molar-refractivity contribution is 7.92. The van der Waals surface area contributed by atoms with Gasteiger partial charge in [-0.1, -0.05) is 0 Å². The summed E-state index contributed by atoms with van der Waals surface area (Å²) >= 11 is 0. The fourth-order valence-corrected chi connectivity index (χ4v) is 10.2. The SMILES string of the molecule is CC(C)Oc1ccc(S(=O)(=O)c2ccc(OCCCCOc3ccc(S(=O)(=O)c4ccc(OCCCCOc5ccc(S(=O)(=O)c6ccc(OC(C)C)cc6)cc5)cc4)cc3)cc2)cc1. The molecule has 0 bridgehead atoms. The van der Waals surface area contributed by atoms with E-state index >= 15 is 0 Å². The van der Waals surface area contributed by atoms with Crippen LogP contribution >= 0.6 is 0 Å². The molecule has 6 aromatic carbocycles. The van der Waals surface area contributed by atoms with Gasteiger partial charge in [0.2, 0.25) is 29.5 Å². The second-order valence-corrected chi connectivity index (χ2v) is 21.3. The third-order valence-electron chi connectivity index (χ3n) is 9.70. The maximum atomic E-state index is 13.3. The van der Waals surface area contributed by atoms with Crippen molar-refractivity contribution in [3.8, 4) is 34.5 Å². The van der Waals surface area contributed by atoms with Crippen LogP contribution < -0.4 is 28.4 Å². The van der Waals surface area contributed by atoms with Crippen molar-refractivity contribution < 1.29 is 53.7 Å². The lowest BCUT2D eigenvalue weighted by Crippen LogP contribution is -2.06. The first-order valence-electron chi connectivity index (χ1n) is 21.3. The minimum atomic E-state index is -3.77. The summed E-state index contributed by atoms with van der Waals surface area (Å²) in [7, 11) is -11.1. The molecule has 15 heteroatoms. The van der Waals surface area contributed by atoms with Crippen LogP contribution in [0.1, 0.15) is 53.4 Å². The number of hydrogen-bond acceptors (Lipinski definition) is 12. The van der Waals surface area contributed by atoms with Gasteiger partial charge in [-0.25, -0.2) is 25.3 Å².